The minimum Gasteiger partial charge on any atom is -0.369 e. The predicted molar refractivity (Wildman–Crippen MR) is 112 cm³/mol. The van der Waals surface area contributed by atoms with Gasteiger partial charge in [-0.3, -0.25) is 9.69 Å². The number of piperazine rings is 1. The highest BCUT2D eigenvalue weighted by Crippen LogP contribution is 2.21. The molecule has 0 aromatic heterocycles. The van der Waals surface area contributed by atoms with Crippen LogP contribution in [0.25, 0.3) is 0 Å². The third-order valence-corrected chi connectivity index (χ3v) is 5.11. The van der Waals surface area contributed by atoms with Crippen molar-refractivity contribution >= 4 is 11.6 Å². The van der Waals surface area contributed by atoms with E-state index in [1.54, 1.807) is 0 Å². The van der Waals surface area contributed by atoms with Gasteiger partial charge in [-0.1, -0.05) is 62.4 Å². The van der Waals surface area contributed by atoms with Gasteiger partial charge in [0.1, 0.15) is 0 Å². The second kappa shape index (κ2) is 9.56. The van der Waals surface area contributed by atoms with Gasteiger partial charge >= 0.3 is 0 Å². The minimum atomic E-state index is 0.0873. The van der Waals surface area contributed by atoms with Crippen molar-refractivity contribution in [2.75, 3.05) is 37.6 Å². The molecular formula is C23H31N3O. The molecule has 1 saturated heterocycles. The van der Waals surface area contributed by atoms with Crippen molar-refractivity contribution in [2.24, 2.45) is 5.92 Å². The monoisotopic (exact) mass is 365 g/mol. The molecule has 1 aliphatic rings. The summed E-state index contributed by atoms with van der Waals surface area (Å²) in [5, 5.41) is 3.26. The van der Waals surface area contributed by atoms with Crippen LogP contribution >= 0.6 is 0 Å². The summed E-state index contributed by atoms with van der Waals surface area (Å²) >= 11 is 0. The first-order valence-electron chi connectivity index (χ1n) is 9.98. The van der Waals surface area contributed by atoms with Gasteiger partial charge in [0.05, 0.1) is 12.6 Å². The van der Waals surface area contributed by atoms with E-state index in [4.69, 9.17) is 0 Å². The van der Waals surface area contributed by atoms with Crippen molar-refractivity contribution in [2.45, 2.75) is 26.3 Å². The Kier molecular flexibility index (Phi) is 6.88. The molecule has 1 atom stereocenters. The average Bonchev–Trinajstić information content (AvgIpc) is 2.69. The standard InChI is InChI=1S/C23H31N3O/c1-19(2)17-22(20-9-5-3-6-10-20)24-23(27)18-25-13-15-26(16-14-25)21-11-7-4-8-12-21/h3-12,19,22H,13-18H2,1-2H3,(H,24,27)/t22-/m0/s1. The van der Waals surface area contributed by atoms with E-state index in [0.717, 1.165) is 32.6 Å². The zero-order chi connectivity index (χ0) is 19.1. The SMILES string of the molecule is CC(C)C[C@H](NC(=O)CN1CCN(c2ccccc2)CC1)c1ccccc1. The van der Waals surface area contributed by atoms with E-state index in [9.17, 15) is 4.79 Å². The first-order valence-corrected chi connectivity index (χ1v) is 9.98. The fraction of sp³-hybridized carbons (Fsp3) is 0.435. The molecule has 1 fully saturated rings. The quantitative estimate of drug-likeness (QED) is 0.812. The van der Waals surface area contributed by atoms with Gasteiger partial charge < -0.3 is 10.2 Å². The first-order chi connectivity index (χ1) is 13.1. The van der Waals surface area contributed by atoms with Crippen LogP contribution in [0.3, 0.4) is 0 Å². The summed E-state index contributed by atoms with van der Waals surface area (Å²) < 4.78 is 0. The molecule has 0 bridgehead atoms. The maximum absolute atomic E-state index is 12.7. The highest BCUT2D eigenvalue weighted by molar-refractivity contribution is 5.78. The zero-order valence-corrected chi connectivity index (χ0v) is 16.5. The number of hydrogen-bond donors (Lipinski definition) is 1. The van der Waals surface area contributed by atoms with E-state index in [2.05, 4.69) is 65.4 Å². The second-order valence-corrected chi connectivity index (χ2v) is 7.76. The third-order valence-electron chi connectivity index (χ3n) is 5.11. The summed E-state index contributed by atoms with van der Waals surface area (Å²) in [7, 11) is 0. The lowest BCUT2D eigenvalue weighted by Gasteiger charge is -2.36. The smallest absolute Gasteiger partial charge is 0.234 e. The lowest BCUT2D eigenvalue weighted by Crippen LogP contribution is -2.49. The Hall–Kier alpha value is -2.33. The lowest BCUT2D eigenvalue weighted by atomic mass is 9.97. The summed E-state index contributed by atoms with van der Waals surface area (Å²) in [6.45, 7) is 8.64. The molecule has 0 saturated carbocycles. The van der Waals surface area contributed by atoms with Gasteiger partial charge in [-0.05, 0) is 30.0 Å². The molecule has 27 heavy (non-hydrogen) atoms. The fourth-order valence-electron chi connectivity index (χ4n) is 3.68. The largest absolute Gasteiger partial charge is 0.369 e. The van der Waals surface area contributed by atoms with Crippen LogP contribution in [0.1, 0.15) is 31.9 Å². The summed E-state index contributed by atoms with van der Waals surface area (Å²) in [6, 6.07) is 20.9. The molecule has 1 aliphatic heterocycles. The van der Waals surface area contributed by atoms with E-state index in [1.807, 2.05) is 24.3 Å². The Morgan fingerprint density at radius 1 is 0.926 bits per heavy atom. The van der Waals surface area contributed by atoms with E-state index in [1.165, 1.54) is 11.3 Å². The molecule has 0 unspecified atom stereocenters. The van der Waals surface area contributed by atoms with Crippen LogP contribution in [0.5, 0.6) is 0 Å². The third kappa shape index (κ3) is 5.83. The van der Waals surface area contributed by atoms with Crippen molar-refractivity contribution < 1.29 is 4.79 Å². The van der Waals surface area contributed by atoms with Gasteiger partial charge in [-0.15, -0.1) is 0 Å². The number of anilines is 1. The van der Waals surface area contributed by atoms with Gasteiger partial charge in [0.25, 0.3) is 0 Å². The van der Waals surface area contributed by atoms with Crippen LogP contribution in [0.15, 0.2) is 60.7 Å². The van der Waals surface area contributed by atoms with Crippen molar-refractivity contribution in [3.8, 4) is 0 Å². The number of benzene rings is 2. The molecule has 2 aromatic rings. The lowest BCUT2D eigenvalue weighted by molar-refractivity contribution is -0.123. The average molecular weight is 366 g/mol. The molecule has 1 heterocycles. The molecule has 0 spiro atoms. The summed E-state index contributed by atoms with van der Waals surface area (Å²) in [4.78, 5) is 17.3. The summed E-state index contributed by atoms with van der Waals surface area (Å²) in [5.41, 5.74) is 2.45. The van der Waals surface area contributed by atoms with Crippen molar-refractivity contribution in [1.82, 2.24) is 10.2 Å². The Morgan fingerprint density at radius 3 is 2.11 bits per heavy atom. The van der Waals surface area contributed by atoms with Crippen molar-refractivity contribution in [1.29, 1.82) is 0 Å². The van der Waals surface area contributed by atoms with Gasteiger partial charge in [0.2, 0.25) is 5.91 Å². The molecule has 0 radical (unpaired) electrons. The van der Waals surface area contributed by atoms with E-state index in [-0.39, 0.29) is 11.9 Å². The van der Waals surface area contributed by atoms with E-state index < -0.39 is 0 Å². The molecule has 4 nitrogen and oxygen atoms in total. The van der Waals surface area contributed by atoms with Crippen LogP contribution in [-0.4, -0.2) is 43.5 Å². The Morgan fingerprint density at radius 2 is 1.52 bits per heavy atom. The number of amides is 1. The molecule has 1 N–H and O–H groups in total. The molecule has 3 rings (SSSR count). The topological polar surface area (TPSA) is 35.6 Å². The maximum Gasteiger partial charge on any atom is 0.234 e. The number of carbonyl (C=O) groups is 1. The summed E-state index contributed by atoms with van der Waals surface area (Å²) in [6.07, 6.45) is 0.956. The minimum absolute atomic E-state index is 0.0873. The number of nitrogens with one attached hydrogen (secondary N) is 1. The molecule has 0 aliphatic carbocycles. The molecule has 144 valence electrons. The van der Waals surface area contributed by atoms with Gasteiger partial charge in [0, 0.05) is 31.9 Å². The molecular weight excluding hydrogens is 334 g/mol. The molecule has 1 amide bonds. The Bertz CT molecular complexity index is 694. The van der Waals surface area contributed by atoms with Crippen LogP contribution in [0, 0.1) is 5.92 Å². The highest BCUT2D eigenvalue weighted by atomic mass is 16.2. The van der Waals surface area contributed by atoms with Gasteiger partial charge in [0.15, 0.2) is 0 Å². The van der Waals surface area contributed by atoms with Crippen LogP contribution < -0.4 is 10.2 Å². The van der Waals surface area contributed by atoms with Gasteiger partial charge in [-0.2, -0.15) is 0 Å². The maximum atomic E-state index is 12.7. The van der Waals surface area contributed by atoms with E-state index in [0.29, 0.717) is 12.5 Å². The van der Waals surface area contributed by atoms with Crippen LogP contribution in [0.2, 0.25) is 0 Å². The zero-order valence-electron chi connectivity index (χ0n) is 16.5. The Balaban J connectivity index is 1.51. The fourth-order valence-corrected chi connectivity index (χ4v) is 3.68. The van der Waals surface area contributed by atoms with Crippen LogP contribution in [0.4, 0.5) is 5.69 Å². The van der Waals surface area contributed by atoms with Crippen molar-refractivity contribution in [3.05, 3.63) is 66.2 Å². The van der Waals surface area contributed by atoms with Crippen LogP contribution in [-0.2, 0) is 4.79 Å². The number of carbonyl (C=O) groups excluding carboxylic acids is 1. The predicted octanol–water partition coefficient (Wildman–Crippen LogP) is 3.71. The highest BCUT2D eigenvalue weighted by Gasteiger charge is 2.21. The number of nitrogens with zero attached hydrogens (tertiary/aromatic N) is 2. The van der Waals surface area contributed by atoms with Gasteiger partial charge in [-0.25, -0.2) is 0 Å². The molecule has 4 heteroatoms. The first kappa shape index (κ1) is 19.4. The number of rotatable bonds is 7. The Labute approximate surface area is 163 Å². The normalized spacial score (nSPS) is 16.3. The molecule has 2 aromatic carbocycles. The second-order valence-electron chi connectivity index (χ2n) is 7.76. The van der Waals surface area contributed by atoms with Crippen molar-refractivity contribution in [3.63, 3.8) is 0 Å². The summed E-state index contributed by atoms with van der Waals surface area (Å²) in [5.74, 6) is 0.655. The number of para-hydroxylation sites is 1. The number of hydrogen-bond acceptors (Lipinski definition) is 3. The van der Waals surface area contributed by atoms with E-state index >= 15 is 0 Å².